The molecule has 1 aromatic rings. The molecule has 1 unspecified atom stereocenters. The van der Waals surface area contributed by atoms with Crippen LogP contribution in [0.4, 0.5) is 0 Å². The van der Waals surface area contributed by atoms with E-state index in [1.54, 1.807) is 17.2 Å². The van der Waals surface area contributed by atoms with Gasteiger partial charge < -0.3 is 14.6 Å². The zero-order valence-electron chi connectivity index (χ0n) is 11.2. The molecule has 1 saturated heterocycles. The first-order valence-corrected chi connectivity index (χ1v) is 6.59. The smallest absolute Gasteiger partial charge is 0.243 e. The molecule has 1 fully saturated rings. The van der Waals surface area contributed by atoms with Crippen molar-refractivity contribution in [2.24, 2.45) is 0 Å². The average molecular weight is 261 g/mol. The molecule has 2 rings (SSSR count). The monoisotopic (exact) mass is 261 g/mol. The number of nitriles is 1. The summed E-state index contributed by atoms with van der Waals surface area (Å²) in [4.78, 5) is 14.3. The molecule has 0 saturated carbocycles. The predicted molar refractivity (Wildman–Crippen MR) is 70.0 cm³/mol. The topological polar surface area (TPSA) is 69.3 Å². The Morgan fingerprint density at radius 1 is 1.68 bits per heavy atom. The van der Waals surface area contributed by atoms with Gasteiger partial charge in [0.25, 0.3) is 0 Å². The van der Waals surface area contributed by atoms with Gasteiger partial charge in [-0.15, -0.1) is 0 Å². The van der Waals surface area contributed by atoms with E-state index < -0.39 is 5.54 Å². The summed E-state index contributed by atoms with van der Waals surface area (Å²) in [5.74, 6) is 0.796. The number of carbonyl (C=O) groups is 1. The van der Waals surface area contributed by atoms with Crippen molar-refractivity contribution in [3.63, 3.8) is 0 Å². The Morgan fingerprint density at radius 2 is 2.53 bits per heavy atom. The fourth-order valence-electron chi connectivity index (χ4n) is 2.45. The SMILES string of the molecule is CC1(C(=O)N(CCC#N)Cc2ccco2)CCCN1. The van der Waals surface area contributed by atoms with Crippen LogP contribution in [0.1, 0.15) is 31.9 Å². The normalized spacial score (nSPS) is 22.1. The van der Waals surface area contributed by atoms with Crippen molar-refractivity contribution in [3.05, 3.63) is 24.2 Å². The van der Waals surface area contributed by atoms with E-state index in [1.165, 1.54) is 0 Å². The first-order valence-electron chi connectivity index (χ1n) is 6.59. The zero-order chi connectivity index (χ0) is 13.7. The Hall–Kier alpha value is -1.80. The average Bonchev–Trinajstić information content (AvgIpc) is 3.06. The second kappa shape index (κ2) is 5.89. The Bertz CT molecular complexity index is 456. The maximum Gasteiger partial charge on any atom is 0.243 e. The van der Waals surface area contributed by atoms with Crippen molar-refractivity contribution in [3.8, 4) is 6.07 Å². The highest BCUT2D eigenvalue weighted by Gasteiger charge is 2.38. The molecule has 5 heteroatoms. The molecule has 102 valence electrons. The quantitative estimate of drug-likeness (QED) is 0.875. The highest BCUT2D eigenvalue weighted by Crippen LogP contribution is 2.22. The van der Waals surface area contributed by atoms with Gasteiger partial charge in [0.1, 0.15) is 5.76 Å². The molecule has 0 bridgehead atoms. The highest BCUT2D eigenvalue weighted by atomic mass is 16.3. The molecule has 0 spiro atoms. The number of nitrogens with one attached hydrogen (secondary N) is 1. The van der Waals surface area contributed by atoms with Gasteiger partial charge in [0.05, 0.1) is 30.8 Å². The van der Waals surface area contributed by atoms with Crippen molar-refractivity contribution >= 4 is 5.91 Å². The highest BCUT2D eigenvalue weighted by molar-refractivity contribution is 5.86. The third kappa shape index (κ3) is 3.15. The van der Waals surface area contributed by atoms with E-state index >= 15 is 0 Å². The van der Waals surface area contributed by atoms with Crippen molar-refractivity contribution in [1.29, 1.82) is 5.26 Å². The second-order valence-corrected chi connectivity index (χ2v) is 5.08. The van der Waals surface area contributed by atoms with E-state index in [1.807, 2.05) is 13.0 Å². The Morgan fingerprint density at radius 3 is 3.11 bits per heavy atom. The molecule has 1 atom stereocenters. The minimum atomic E-state index is -0.498. The summed E-state index contributed by atoms with van der Waals surface area (Å²) in [6, 6.07) is 5.74. The van der Waals surface area contributed by atoms with E-state index in [9.17, 15) is 4.79 Å². The number of hydrogen-bond donors (Lipinski definition) is 1. The molecule has 0 aliphatic carbocycles. The number of amides is 1. The summed E-state index contributed by atoms with van der Waals surface area (Å²) in [6.45, 7) is 3.66. The number of furan rings is 1. The van der Waals surface area contributed by atoms with Gasteiger partial charge in [-0.05, 0) is 38.4 Å². The van der Waals surface area contributed by atoms with Gasteiger partial charge in [0.15, 0.2) is 0 Å². The number of hydrogen-bond acceptors (Lipinski definition) is 4. The van der Waals surface area contributed by atoms with Crippen LogP contribution in [0.2, 0.25) is 0 Å². The van der Waals surface area contributed by atoms with Crippen LogP contribution in [0.25, 0.3) is 0 Å². The summed E-state index contributed by atoms with van der Waals surface area (Å²) < 4.78 is 5.29. The predicted octanol–water partition coefficient (Wildman–Crippen LogP) is 1.66. The van der Waals surface area contributed by atoms with Crippen molar-refractivity contribution < 1.29 is 9.21 Å². The third-order valence-corrected chi connectivity index (χ3v) is 3.55. The lowest BCUT2D eigenvalue weighted by atomic mass is 9.98. The molecule has 19 heavy (non-hydrogen) atoms. The Kier molecular flexibility index (Phi) is 4.23. The van der Waals surface area contributed by atoms with E-state index in [0.717, 1.165) is 25.1 Å². The van der Waals surface area contributed by atoms with Gasteiger partial charge in [-0.2, -0.15) is 5.26 Å². The van der Waals surface area contributed by atoms with Crippen LogP contribution in [0, 0.1) is 11.3 Å². The van der Waals surface area contributed by atoms with Crippen LogP contribution >= 0.6 is 0 Å². The fraction of sp³-hybridized carbons (Fsp3) is 0.571. The number of nitrogens with zero attached hydrogens (tertiary/aromatic N) is 2. The lowest BCUT2D eigenvalue weighted by Gasteiger charge is -2.31. The van der Waals surface area contributed by atoms with E-state index in [0.29, 0.717) is 19.5 Å². The van der Waals surface area contributed by atoms with Gasteiger partial charge in [-0.25, -0.2) is 0 Å². The van der Waals surface area contributed by atoms with Gasteiger partial charge in [0.2, 0.25) is 5.91 Å². The molecular formula is C14H19N3O2. The molecular weight excluding hydrogens is 242 g/mol. The largest absolute Gasteiger partial charge is 0.467 e. The minimum absolute atomic E-state index is 0.0525. The maximum atomic E-state index is 12.6. The van der Waals surface area contributed by atoms with Crippen LogP contribution < -0.4 is 5.32 Å². The zero-order valence-corrected chi connectivity index (χ0v) is 11.2. The van der Waals surface area contributed by atoms with E-state index in [4.69, 9.17) is 9.68 Å². The molecule has 2 heterocycles. The number of carbonyl (C=O) groups excluding carboxylic acids is 1. The molecule has 1 N–H and O–H groups in total. The summed E-state index contributed by atoms with van der Waals surface area (Å²) in [7, 11) is 0. The Balaban J connectivity index is 2.08. The molecule has 1 amide bonds. The first-order chi connectivity index (χ1) is 9.15. The molecule has 0 aromatic carbocycles. The van der Waals surface area contributed by atoms with Gasteiger partial charge >= 0.3 is 0 Å². The molecule has 1 aliphatic rings. The molecule has 1 aromatic heterocycles. The second-order valence-electron chi connectivity index (χ2n) is 5.08. The van der Waals surface area contributed by atoms with E-state index in [-0.39, 0.29) is 5.91 Å². The maximum absolute atomic E-state index is 12.6. The van der Waals surface area contributed by atoms with Crippen LogP contribution in [0.3, 0.4) is 0 Å². The molecule has 1 aliphatic heterocycles. The van der Waals surface area contributed by atoms with Crippen LogP contribution in [0.15, 0.2) is 22.8 Å². The van der Waals surface area contributed by atoms with Crippen molar-refractivity contribution in [2.75, 3.05) is 13.1 Å². The third-order valence-electron chi connectivity index (χ3n) is 3.55. The standard InChI is InChI=1S/C14H19N3O2/c1-14(6-3-8-16-14)13(18)17(9-4-7-15)11-12-5-2-10-19-12/h2,5,10,16H,3-4,6,8-9,11H2,1H3. The van der Waals surface area contributed by atoms with Crippen molar-refractivity contribution in [1.82, 2.24) is 10.2 Å². The first kappa shape index (κ1) is 13.6. The van der Waals surface area contributed by atoms with Gasteiger partial charge in [0, 0.05) is 6.54 Å². The van der Waals surface area contributed by atoms with Crippen LogP contribution in [0.5, 0.6) is 0 Å². The molecule has 5 nitrogen and oxygen atoms in total. The lowest BCUT2D eigenvalue weighted by Crippen LogP contribution is -2.52. The molecule has 0 radical (unpaired) electrons. The Labute approximate surface area is 113 Å². The summed E-state index contributed by atoms with van der Waals surface area (Å²) >= 11 is 0. The van der Waals surface area contributed by atoms with Crippen molar-refractivity contribution in [2.45, 2.75) is 38.3 Å². The van der Waals surface area contributed by atoms with E-state index in [2.05, 4.69) is 11.4 Å². The minimum Gasteiger partial charge on any atom is -0.467 e. The summed E-state index contributed by atoms with van der Waals surface area (Å²) in [5, 5.41) is 12.0. The lowest BCUT2D eigenvalue weighted by molar-refractivity contribution is -0.138. The van der Waals surface area contributed by atoms with Gasteiger partial charge in [-0.1, -0.05) is 0 Å². The summed E-state index contributed by atoms with van der Waals surface area (Å²) in [5.41, 5.74) is -0.498. The van der Waals surface area contributed by atoms with Crippen LogP contribution in [-0.2, 0) is 11.3 Å². The van der Waals surface area contributed by atoms with Gasteiger partial charge in [-0.3, -0.25) is 4.79 Å². The number of rotatable bonds is 5. The van der Waals surface area contributed by atoms with Crippen LogP contribution in [-0.4, -0.2) is 29.4 Å². The summed E-state index contributed by atoms with van der Waals surface area (Å²) in [6.07, 6.45) is 3.78. The fourth-order valence-corrected chi connectivity index (χ4v) is 2.45.